The van der Waals surface area contributed by atoms with Gasteiger partial charge in [0.05, 0.1) is 10.2 Å². The van der Waals surface area contributed by atoms with Crippen LogP contribution in [0.4, 0.5) is 0 Å². The van der Waals surface area contributed by atoms with Crippen LogP contribution in [0.5, 0.6) is 0 Å². The van der Waals surface area contributed by atoms with E-state index < -0.39 is 0 Å². The van der Waals surface area contributed by atoms with Gasteiger partial charge >= 0.3 is 0 Å². The molecule has 7 rings (SSSR count). The molecule has 0 unspecified atom stereocenters. The highest BCUT2D eigenvalue weighted by atomic mass is 32.1. The first kappa shape index (κ1) is 21.6. The molecule has 0 amide bonds. The Morgan fingerprint density at radius 2 is 1.35 bits per heavy atom. The Bertz CT molecular complexity index is 1850. The standard InChI is InChI=1S/C33H21N3S/c1-2-11-27-25(7-1)20-35-21-30(27)23-14-15-28(26-10-6-16-34-19-26)29(18-23)22-8-5-9-24(17-22)33-36-31-12-3-4-13-32(31)37-33/h1-21H. The normalized spacial score (nSPS) is 11.2. The second-order valence-corrected chi connectivity index (χ2v) is 10.0. The van der Waals surface area contributed by atoms with Crippen molar-refractivity contribution in [3.63, 3.8) is 0 Å². The van der Waals surface area contributed by atoms with Gasteiger partial charge in [0.15, 0.2) is 0 Å². The minimum absolute atomic E-state index is 1.03. The number of para-hydroxylation sites is 1. The van der Waals surface area contributed by atoms with E-state index in [0.717, 1.165) is 54.9 Å². The number of thiazole rings is 1. The predicted molar refractivity (Wildman–Crippen MR) is 154 cm³/mol. The fraction of sp³-hybridized carbons (Fsp3) is 0. The molecule has 3 nitrogen and oxygen atoms in total. The first-order valence-corrected chi connectivity index (χ1v) is 13.0. The summed E-state index contributed by atoms with van der Waals surface area (Å²) in [5, 5.41) is 3.36. The van der Waals surface area contributed by atoms with E-state index in [0.29, 0.717) is 0 Å². The van der Waals surface area contributed by atoms with Crippen LogP contribution in [0, 0.1) is 0 Å². The quantitative estimate of drug-likeness (QED) is 0.247. The van der Waals surface area contributed by atoms with Gasteiger partial charge in [-0.25, -0.2) is 4.98 Å². The minimum atomic E-state index is 1.03. The molecule has 0 fully saturated rings. The summed E-state index contributed by atoms with van der Waals surface area (Å²) in [4.78, 5) is 13.8. The van der Waals surface area contributed by atoms with E-state index in [1.165, 1.54) is 10.1 Å². The second-order valence-electron chi connectivity index (χ2n) is 8.98. The van der Waals surface area contributed by atoms with Gasteiger partial charge in [-0.2, -0.15) is 0 Å². The summed E-state index contributed by atoms with van der Waals surface area (Å²) in [5.74, 6) is 0. The topological polar surface area (TPSA) is 38.7 Å². The molecule has 0 aliphatic carbocycles. The molecule has 0 aliphatic rings. The minimum Gasteiger partial charge on any atom is -0.264 e. The van der Waals surface area contributed by atoms with Crippen LogP contribution in [0.2, 0.25) is 0 Å². The van der Waals surface area contributed by atoms with E-state index in [1.54, 1.807) is 11.3 Å². The van der Waals surface area contributed by atoms with Crippen LogP contribution in [0.1, 0.15) is 0 Å². The Morgan fingerprint density at radius 1 is 0.514 bits per heavy atom. The largest absolute Gasteiger partial charge is 0.264 e. The summed E-state index contributed by atoms with van der Waals surface area (Å²) >= 11 is 1.73. The van der Waals surface area contributed by atoms with Crippen LogP contribution in [0.25, 0.3) is 64.9 Å². The summed E-state index contributed by atoms with van der Waals surface area (Å²) in [6.07, 6.45) is 7.62. The van der Waals surface area contributed by atoms with Gasteiger partial charge in [-0.15, -0.1) is 11.3 Å². The number of fused-ring (bicyclic) bond motifs is 2. The van der Waals surface area contributed by atoms with Crippen LogP contribution in [0.3, 0.4) is 0 Å². The van der Waals surface area contributed by atoms with Crippen molar-refractivity contribution in [3.8, 4) is 44.0 Å². The monoisotopic (exact) mass is 491 g/mol. The highest BCUT2D eigenvalue weighted by molar-refractivity contribution is 7.21. The molecule has 4 heteroatoms. The molecule has 0 saturated carbocycles. The third-order valence-electron chi connectivity index (χ3n) is 6.69. The van der Waals surface area contributed by atoms with E-state index in [4.69, 9.17) is 4.98 Å². The molecule has 0 atom stereocenters. The summed E-state index contributed by atoms with van der Waals surface area (Å²) in [6.45, 7) is 0. The van der Waals surface area contributed by atoms with E-state index in [2.05, 4.69) is 101 Å². The smallest absolute Gasteiger partial charge is 0.124 e. The molecule has 0 radical (unpaired) electrons. The molecule has 0 N–H and O–H groups in total. The lowest BCUT2D eigenvalue weighted by molar-refractivity contribution is 1.33. The van der Waals surface area contributed by atoms with Crippen LogP contribution >= 0.6 is 11.3 Å². The molecule has 3 aromatic heterocycles. The van der Waals surface area contributed by atoms with Crippen molar-refractivity contribution in [1.82, 2.24) is 15.0 Å². The predicted octanol–water partition coefficient (Wildman–Crippen LogP) is 8.91. The Kier molecular flexibility index (Phi) is 5.30. The van der Waals surface area contributed by atoms with Crippen molar-refractivity contribution in [1.29, 1.82) is 0 Å². The maximum atomic E-state index is 4.90. The highest BCUT2D eigenvalue weighted by Gasteiger charge is 2.14. The van der Waals surface area contributed by atoms with Crippen LogP contribution in [-0.2, 0) is 0 Å². The van der Waals surface area contributed by atoms with Crippen molar-refractivity contribution < 1.29 is 0 Å². The van der Waals surface area contributed by atoms with Gasteiger partial charge in [0.1, 0.15) is 5.01 Å². The number of aromatic nitrogens is 3. The summed E-state index contributed by atoms with van der Waals surface area (Å²) in [5.41, 5.74) is 8.95. The van der Waals surface area contributed by atoms with Gasteiger partial charge in [-0.3, -0.25) is 9.97 Å². The van der Waals surface area contributed by atoms with Crippen molar-refractivity contribution in [2.24, 2.45) is 0 Å². The Morgan fingerprint density at radius 3 is 2.27 bits per heavy atom. The van der Waals surface area contributed by atoms with Gasteiger partial charge < -0.3 is 0 Å². The Labute approximate surface area is 218 Å². The fourth-order valence-electron chi connectivity index (χ4n) is 4.89. The molecular formula is C33H21N3S. The van der Waals surface area contributed by atoms with Crippen LogP contribution < -0.4 is 0 Å². The van der Waals surface area contributed by atoms with E-state index in [1.807, 2.05) is 36.9 Å². The number of hydrogen-bond acceptors (Lipinski definition) is 4. The fourth-order valence-corrected chi connectivity index (χ4v) is 5.85. The zero-order chi connectivity index (χ0) is 24.6. The zero-order valence-corrected chi connectivity index (χ0v) is 20.7. The molecule has 37 heavy (non-hydrogen) atoms. The Balaban J connectivity index is 1.42. The van der Waals surface area contributed by atoms with Crippen LogP contribution in [-0.4, -0.2) is 15.0 Å². The molecular weight excluding hydrogens is 470 g/mol. The number of benzene rings is 4. The first-order valence-electron chi connectivity index (χ1n) is 12.2. The zero-order valence-electron chi connectivity index (χ0n) is 19.9. The third kappa shape index (κ3) is 3.98. The molecule has 0 spiro atoms. The lowest BCUT2D eigenvalue weighted by Gasteiger charge is -2.14. The van der Waals surface area contributed by atoms with Gasteiger partial charge in [0.25, 0.3) is 0 Å². The van der Waals surface area contributed by atoms with Gasteiger partial charge in [0.2, 0.25) is 0 Å². The van der Waals surface area contributed by atoms with Gasteiger partial charge in [-0.1, -0.05) is 72.8 Å². The molecule has 3 heterocycles. The molecule has 0 aliphatic heterocycles. The molecule has 0 saturated heterocycles. The lowest BCUT2D eigenvalue weighted by atomic mass is 9.90. The number of nitrogens with zero attached hydrogens (tertiary/aromatic N) is 3. The van der Waals surface area contributed by atoms with Crippen molar-refractivity contribution in [3.05, 3.63) is 128 Å². The van der Waals surface area contributed by atoms with Crippen molar-refractivity contribution in [2.45, 2.75) is 0 Å². The molecule has 174 valence electrons. The van der Waals surface area contributed by atoms with Crippen molar-refractivity contribution in [2.75, 3.05) is 0 Å². The Hall–Kier alpha value is -4.67. The maximum Gasteiger partial charge on any atom is 0.124 e. The summed E-state index contributed by atoms with van der Waals surface area (Å²) in [6, 6.07) is 36.2. The maximum absolute atomic E-state index is 4.90. The number of rotatable bonds is 4. The van der Waals surface area contributed by atoms with Crippen molar-refractivity contribution >= 4 is 32.3 Å². The molecule has 7 aromatic rings. The van der Waals surface area contributed by atoms with Gasteiger partial charge in [0, 0.05) is 46.9 Å². The summed E-state index contributed by atoms with van der Waals surface area (Å²) in [7, 11) is 0. The highest BCUT2D eigenvalue weighted by Crippen LogP contribution is 2.39. The van der Waals surface area contributed by atoms with E-state index in [-0.39, 0.29) is 0 Å². The first-order chi connectivity index (χ1) is 18.3. The third-order valence-corrected chi connectivity index (χ3v) is 7.77. The SMILES string of the molecule is c1cncc(-c2ccc(-c3cncc4ccccc34)cc2-c2cccc(-c3nc4ccccc4s3)c2)c1. The summed E-state index contributed by atoms with van der Waals surface area (Å²) < 4.78 is 1.20. The van der Waals surface area contributed by atoms with E-state index in [9.17, 15) is 0 Å². The molecule has 0 bridgehead atoms. The number of pyridine rings is 2. The molecule has 4 aromatic carbocycles. The second kappa shape index (κ2) is 9.08. The van der Waals surface area contributed by atoms with E-state index >= 15 is 0 Å². The van der Waals surface area contributed by atoms with Crippen LogP contribution in [0.15, 0.2) is 128 Å². The van der Waals surface area contributed by atoms with Gasteiger partial charge in [-0.05, 0) is 58.0 Å². The lowest BCUT2D eigenvalue weighted by Crippen LogP contribution is -1.90. The average Bonchev–Trinajstić information content (AvgIpc) is 3.42. The average molecular weight is 492 g/mol. The number of hydrogen-bond donors (Lipinski definition) is 0.